The summed E-state index contributed by atoms with van der Waals surface area (Å²) >= 11 is 0. The number of nitrogens with one attached hydrogen (secondary N) is 1. The van der Waals surface area contributed by atoms with E-state index in [1.165, 1.54) is 0 Å². The van der Waals surface area contributed by atoms with Crippen molar-refractivity contribution in [2.24, 2.45) is 22.2 Å². The number of nitrogens with zero attached hydrogens (tertiary/aromatic N) is 2. The van der Waals surface area contributed by atoms with E-state index < -0.39 is 11.6 Å². The first-order valence-corrected chi connectivity index (χ1v) is 5.76. The van der Waals surface area contributed by atoms with Gasteiger partial charge in [-0.2, -0.15) is 4.99 Å². The lowest BCUT2D eigenvalue weighted by Crippen LogP contribution is -2.55. The molecule has 1 aliphatic heterocycles. The quantitative estimate of drug-likeness (QED) is 0.531. The molecule has 1 aromatic carbocycles. The number of benzene rings is 1. The lowest BCUT2D eigenvalue weighted by atomic mass is 10.1. The van der Waals surface area contributed by atoms with Gasteiger partial charge in [0.25, 0.3) is 5.96 Å². The molecule has 0 bridgehead atoms. The smallest absolute Gasteiger partial charge is 0.357 e. The lowest BCUT2D eigenvalue weighted by Gasteiger charge is -2.28. The van der Waals surface area contributed by atoms with Gasteiger partial charge < -0.3 is 11.5 Å². The summed E-state index contributed by atoms with van der Waals surface area (Å²) < 4.78 is 1.75. The van der Waals surface area contributed by atoms with Crippen LogP contribution in [0.4, 0.5) is 5.69 Å². The van der Waals surface area contributed by atoms with Gasteiger partial charge in [0.05, 0.1) is 0 Å². The molecule has 19 heavy (non-hydrogen) atoms. The Morgan fingerprint density at radius 1 is 1.37 bits per heavy atom. The first-order valence-electron chi connectivity index (χ1n) is 5.76. The van der Waals surface area contributed by atoms with E-state index >= 15 is 0 Å². The molecule has 1 amide bonds. The topological polar surface area (TPSA) is 123 Å². The fourth-order valence-electron chi connectivity index (χ4n) is 2.11. The number of hydrogen-bond donors (Lipinski definition) is 4. The molecule has 1 aromatic rings. The molecule has 0 saturated heterocycles. The molecule has 0 unspecified atom stereocenters. The van der Waals surface area contributed by atoms with Crippen molar-refractivity contribution in [2.75, 3.05) is 0 Å². The molecule has 2 rings (SSSR count). The van der Waals surface area contributed by atoms with Crippen LogP contribution >= 0.6 is 0 Å². The van der Waals surface area contributed by atoms with E-state index in [0.717, 1.165) is 0 Å². The van der Waals surface area contributed by atoms with Crippen LogP contribution in [0.1, 0.15) is 24.2 Å². The monoisotopic (exact) mass is 261 g/mol. The van der Waals surface area contributed by atoms with Gasteiger partial charge in [0.1, 0.15) is 5.69 Å². The number of hydrogen-bond acceptors (Lipinski definition) is 5. The highest BCUT2D eigenvalue weighted by atomic mass is 16.1. The summed E-state index contributed by atoms with van der Waals surface area (Å²) in [5, 5.41) is 2.76. The molecule has 0 radical (unpaired) electrons. The zero-order valence-electron chi connectivity index (χ0n) is 10.8. The predicted molar refractivity (Wildman–Crippen MR) is 72.9 cm³/mol. The van der Waals surface area contributed by atoms with Crippen LogP contribution < -0.4 is 22.5 Å². The van der Waals surface area contributed by atoms with Crippen molar-refractivity contribution in [3.63, 3.8) is 0 Å². The molecule has 100 valence electrons. The average Bonchev–Trinajstić information content (AvgIpc) is 2.26. The van der Waals surface area contributed by atoms with Gasteiger partial charge >= 0.3 is 5.96 Å². The largest absolute Gasteiger partial charge is 0.366 e. The van der Waals surface area contributed by atoms with E-state index in [-0.39, 0.29) is 5.96 Å². The minimum absolute atomic E-state index is 0.254. The van der Waals surface area contributed by atoms with Crippen molar-refractivity contribution in [2.45, 2.75) is 19.5 Å². The van der Waals surface area contributed by atoms with E-state index in [4.69, 9.17) is 17.2 Å². The highest BCUT2D eigenvalue weighted by Crippen LogP contribution is 2.24. The van der Waals surface area contributed by atoms with Crippen LogP contribution in [-0.2, 0) is 0 Å². The van der Waals surface area contributed by atoms with Crippen molar-refractivity contribution >= 4 is 23.5 Å². The molecule has 7 heteroatoms. The maximum atomic E-state index is 11.2. The molecule has 0 aliphatic carbocycles. The highest BCUT2D eigenvalue weighted by molar-refractivity contribution is 5.97. The van der Waals surface area contributed by atoms with Crippen LogP contribution in [0.3, 0.4) is 0 Å². The Kier molecular flexibility index (Phi) is 2.89. The molecular weight excluding hydrogens is 244 g/mol. The minimum Gasteiger partial charge on any atom is -0.366 e. The molecule has 7 N–H and O–H groups in total. The molecule has 0 fully saturated rings. The zero-order valence-corrected chi connectivity index (χ0v) is 10.8. The zero-order chi connectivity index (χ0) is 14.2. The summed E-state index contributed by atoms with van der Waals surface area (Å²) in [5.74, 6) is 0.107. The van der Waals surface area contributed by atoms with Crippen molar-refractivity contribution in [3.05, 3.63) is 29.8 Å². The second-order valence-corrected chi connectivity index (χ2v) is 4.75. The van der Waals surface area contributed by atoms with E-state index in [9.17, 15) is 4.79 Å². The Labute approximate surface area is 110 Å². The third-order valence-electron chi connectivity index (χ3n) is 2.83. The van der Waals surface area contributed by atoms with Crippen molar-refractivity contribution in [1.82, 2.24) is 5.32 Å². The molecule has 7 nitrogen and oxygen atoms in total. The van der Waals surface area contributed by atoms with Gasteiger partial charge in [-0.15, -0.1) is 0 Å². The molecule has 0 atom stereocenters. The number of primary amides is 1. The van der Waals surface area contributed by atoms with Crippen LogP contribution in [0, 0.1) is 0 Å². The summed E-state index contributed by atoms with van der Waals surface area (Å²) in [7, 11) is 0. The van der Waals surface area contributed by atoms with Gasteiger partial charge in [-0.1, -0.05) is 6.07 Å². The van der Waals surface area contributed by atoms with Crippen LogP contribution in [0.2, 0.25) is 0 Å². The van der Waals surface area contributed by atoms with Crippen LogP contribution in [0.25, 0.3) is 0 Å². The molecular formula is C12H17N6O+. The number of amides is 1. The Hall–Kier alpha value is -2.57. The Morgan fingerprint density at radius 2 is 2.05 bits per heavy atom. The van der Waals surface area contributed by atoms with Gasteiger partial charge in [-0.3, -0.25) is 10.5 Å². The van der Waals surface area contributed by atoms with Gasteiger partial charge in [-0.25, -0.2) is 9.89 Å². The van der Waals surface area contributed by atoms with Crippen LogP contribution in [0.5, 0.6) is 0 Å². The van der Waals surface area contributed by atoms with E-state index in [1.807, 2.05) is 19.9 Å². The van der Waals surface area contributed by atoms with Gasteiger partial charge in [0.2, 0.25) is 5.91 Å². The van der Waals surface area contributed by atoms with Crippen LogP contribution in [-0.4, -0.2) is 28.1 Å². The Morgan fingerprint density at radius 3 is 2.63 bits per heavy atom. The summed E-state index contributed by atoms with van der Waals surface area (Å²) in [4.78, 5) is 15.5. The third kappa shape index (κ3) is 2.35. The number of rotatable bonds is 2. The molecule has 0 aromatic heterocycles. The van der Waals surface area contributed by atoms with Crippen molar-refractivity contribution < 1.29 is 9.37 Å². The van der Waals surface area contributed by atoms with Crippen LogP contribution in [0.15, 0.2) is 29.3 Å². The number of guanidine groups is 2. The third-order valence-corrected chi connectivity index (χ3v) is 2.83. The summed E-state index contributed by atoms with van der Waals surface area (Å²) in [6.45, 7) is 3.73. The number of aliphatic imine (C=N–C) groups is 1. The van der Waals surface area contributed by atoms with E-state index in [2.05, 4.69) is 10.3 Å². The molecule has 0 saturated carbocycles. The minimum atomic E-state index is -0.657. The maximum absolute atomic E-state index is 11.2. The van der Waals surface area contributed by atoms with Gasteiger partial charge in [-0.05, 0) is 32.0 Å². The lowest BCUT2D eigenvalue weighted by molar-refractivity contribution is -0.527. The second-order valence-electron chi connectivity index (χ2n) is 4.75. The first-order chi connectivity index (χ1) is 8.81. The van der Waals surface area contributed by atoms with Crippen molar-refractivity contribution in [1.29, 1.82) is 0 Å². The second kappa shape index (κ2) is 4.27. The predicted octanol–water partition coefficient (Wildman–Crippen LogP) is -0.602. The first kappa shape index (κ1) is 12.9. The summed E-state index contributed by atoms with van der Waals surface area (Å²) in [5.41, 5.74) is 17.4. The normalized spacial score (nSPS) is 17.7. The number of carbonyl (C=O) groups excluding carboxylic acids is 1. The highest BCUT2D eigenvalue weighted by Gasteiger charge is 2.34. The standard InChI is InChI=1S/C12H16N6O/c1-12(2)17-10(14)16-11(15)18(12)8-5-3-4-7(6-8)9(13)19/h3-6H,1-2H3,(H6,13,14,15,16,17,19)/p+1. The van der Waals surface area contributed by atoms with Crippen molar-refractivity contribution in [3.8, 4) is 0 Å². The summed E-state index contributed by atoms with van der Waals surface area (Å²) in [6, 6.07) is 6.86. The maximum Gasteiger partial charge on any atom is 0.357 e. The van der Waals surface area contributed by atoms with E-state index in [1.54, 1.807) is 22.8 Å². The van der Waals surface area contributed by atoms with Gasteiger partial charge in [0, 0.05) is 5.56 Å². The molecule has 0 spiro atoms. The average molecular weight is 261 g/mol. The fourth-order valence-corrected chi connectivity index (χ4v) is 2.11. The number of nitrogens with two attached hydrogens (primary N) is 3. The Bertz CT molecular complexity index is 602. The number of carbonyl (C=O) groups is 1. The summed E-state index contributed by atoms with van der Waals surface area (Å²) in [6.07, 6.45) is 0. The fraction of sp³-hybridized carbons (Fsp3) is 0.250. The van der Waals surface area contributed by atoms with E-state index in [0.29, 0.717) is 17.2 Å². The SMILES string of the molecule is CC1(C)N=C(N)NC(N)=[N+]1c1cccc(C(N)=O)c1. The molecule has 1 aliphatic rings. The molecule has 1 heterocycles. The Balaban J connectivity index is 2.55. The van der Waals surface area contributed by atoms with Gasteiger partial charge in [0.15, 0.2) is 5.66 Å².